The number of benzene rings is 1. The van der Waals surface area contributed by atoms with Crippen LogP contribution in [0.4, 0.5) is 0 Å². The van der Waals surface area contributed by atoms with E-state index in [-0.39, 0.29) is 5.91 Å². The second-order valence-corrected chi connectivity index (χ2v) is 5.05. The summed E-state index contributed by atoms with van der Waals surface area (Å²) in [7, 11) is 3.71. The van der Waals surface area contributed by atoms with E-state index in [1.54, 1.807) is 4.90 Å². The van der Waals surface area contributed by atoms with Gasteiger partial charge in [-0.1, -0.05) is 30.3 Å². The second-order valence-electron chi connectivity index (χ2n) is 5.05. The Labute approximate surface area is 125 Å². The highest BCUT2D eigenvalue weighted by atomic mass is 16.3. The number of hydrogen-bond acceptors (Lipinski definition) is 3. The van der Waals surface area contributed by atoms with Gasteiger partial charge in [0.15, 0.2) is 0 Å². The molecule has 0 aliphatic carbocycles. The highest BCUT2D eigenvalue weighted by molar-refractivity contribution is 5.76. The molecule has 1 N–H and O–H groups in total. The topological polar surface area (TPSA) is 45.5 Å². The monoisotopic (exact) mass is 286 g/mol. The van der Waals surface area contributed by atoms with Crippen molar-refractivity contribution in [2.45, 2.75) is 12.8 Å². The average molecular weight is 286 g/mol. The number of carbonyl (C=O) groups excluding carboxylic acids is 1. The molecule has 0 saturated carbocycles. The lowest BCUT2D eigenvalue weighted by molar-refractivity contribution is -0.129. The number of likely N-dealkylation sites (N-methyl/N-ethyl adjacent to an activating group) is 2. The molecule has 1 amide bonds. The fraction of sp³-hybridized carbons (Fsp3) is 0.353. The number of furan rings is 1. The Hall–Kier alpha value is -2.07. The van der Waals surface area contributed by atoms with Gasteiger partial charge in [0.1, 0.15) is 11.5 Å². The van der Waals surface area contributed by atoms with Gasteiger partial charge < -0.3 is 14.6 Å². The lowest BCUT2D eigenvalue weighted by Crippen LogP contribution is -2.32. The van der Waals surface area contributed by atoms with Crippen LogP contribution in [0.3, 0.4) is 0 Å². The van der Waals surface area contributed by atoms with Crippen molar-refractivity contribution in [2.75, 3.05) is 27.2 Å². The number of nitrogens with zero attached hydrogens (tertiary/aromatic N) is 1. The van der Waals surface area contributed by atoms with Gasteiger partial charge in [0, 0.05) is 38.5 Å². The second kappa shape index (κ2) is 7.64. The van der Waals surface area contributed by atoms with Crippen LogP contribution in [0.25, 0.3) is 11.3 Å². The number of rotatable bonds is 7. The molecular weight excluding hydrogens is 264 g/mol. The first-order valence-corrected chi connectivity index (χ1v) is 7.23. The van der Waals surface area contributed by atoms with Crippen LogP contribution >= 0.6 is 0 Å². The number of amides is 1. The number of nitrogens with one attached hydrogen (secondary N) is 1. The molecule has 0 spiro atoms. The van der Waals surface area contributed by atoms with Gasteiger partial charge in [0.05, 0.1) is 0 Å². The van der Waals surface area contributed by atoms with Gasteiger partial charge in [-0.3, -0.25) is 4.79 Å². The molecular formula is C17H22N2O2. The zero-order valence-corrected chi connectivity index (χ0v) is 12.6. The first-order valence-electron chi connectivity index (χ1n) is 7.23. The fourth-order valence-corrected chi connectivity index (χ4v) is 2.10. The average Bonchev–Trinajstić information content (AvgIpc) is 3.00. The SMILES string of the molecule is CNCCN(C)C(=O)CCc1ccc(-c2ccccc2)o1. The van der Waals surface area contributed by atoms with Gasteiger partial charge in [-0.2, -0.15) is 0 Å². The Morgan fingerprint density at radius 1 is 1.19 bits per heavy atom. The van der Waals surface area contributed by atoms with Crippen LogP contribution in [0.2, 0.25) is 0 Å². The summed E-state index contributed by atoms with van der Waals surface area (Å²) >= 11 is 0. The third-order valence-corrected chi connectivity index (χ3v) is 3.43. The van der Waals surface area contributed by atoms with Crippen LogP contribution in [0, 0.1) is 0 Å². The Kier molecular flexibility index (Phi) is 5.58. The van der Waals surface area contributed by atoms with Crippen LogP contribution in [0.15, 0.2) is 46.9 Å². The third-order valence-electron chi connectivity index (χ3n) is 3.43. The Morgan fingerprint density at radius 3 is 2.67 bits per heavy atom. The van der Waals surface area contributed by atoms with Gasteiger partial charge in [0.25, 0.3) is 0 Å². The van der Waals surface area contributed by atoms with E-state index in [0.717, 1.165) is 30.2 Å². The molecule has 21 heavy (non-hydrogen) atoms. The summed E-state index contributed by atoms with van der Waals surface area (Å²) in [6.45, 7) is 1.53. The molecule has 2 aromatic rings. The predicted octanol–water partition coefficient (Wildman–Crippen LogP) is 2.56. The molecule has 0 bridgehead atoms. The van der Waals surface area contributed by atoms with Crippen molar-refractivity contribution in [1.82, 2.24) is 10.2 Å². The number of carbonyl (C=O) groups is 1. The van der Waals surface area contributed by atoms with Crippen molar-refractivity contribution in [1.29, 1.82) is 0 Å². The molecule has 1 heterocycles. The molecule has 0 radical (unpaired) electrons. The van der Waals surface area contributed by atoms with Crippen molar-refractivity contribution in [3.8, 4) is 11.3 Å². The minimum Gasteiger partial charge on any atom is -0.461 e. The van der Waals surface area contributed by atoms with E-state index in [1.807, 2.05) is 56.6 Å². The fourth-order valence-electron chi connectivity index (χ4n) is 2.10. The first-order chi connectivity index (χ1) is 10.2. The molecule has 0 saturated heterocycles. The van der Waals surface area contributed by atoms with E-state index < -0.39 is 0 Å². The summed E-state index contributed by atoms with van der Waals surface area (Å²) in [5, 5.41) is 3.04. The van der Waals surface area contributed by atoms with E-state index in [0.29, 0.717) is 12.8 Å². The van der Waals surface area contributed by atoms with E-state index in [1.165, 1.54) is 0 Å². The highest BCUT2D eigenvalue weighted by Crippen LogP contribution is 2.22. The van der Waals surface area contributed by atoms with Crippen molar-refractivity contribution in [3.05, 3.63) is 48.2 Å². The molecule has 0 unspecified atom stereocenters. The van der Waals surface area contributed by atoms with Crippen molar-refractivity contribution in [3.63, 3.8) is 0 Å². The van der Waals surface area contributed by atoms with Crippen LogP contribution in [-0.2, 0) is 11.2 Å². The molecule has 112 valence electrons. The number of hydrogen-bond donors (Lipinski definition) is 1. The molecule has 0 fully saturated rings. The summed E-state index contributed by atoms with van der Waals surface area (Å²) in [4.78, 5) is 13.7. The van der Waals surface area contributed by atoms with Crippen molar-refractivity contribution < 1.29 is 9.21 Å². The molecule has 4 nitrogen and oxygen atoms in total. The van der Waals surface area contributed by atoms with E-state index in [9.17, 15) is 4.79 Å². The van der Waals surface area contributed by atoms with E-state index in [2.05, 4.69) is 5.32 Å². The molecule has 1 aromatic heterocycles. The molecule has 0 aliphatic rings. The molecule has 1 aromatic carbocycles. The van der Waals surface area contributed by atoms with Crippen molar-refractivity contribution >= 4 is 5.91 Å². The summed E-state index contributed by atoms with van der Waals surface area (Å²) in [5.41, 5.74) is 1.06. The normalized spacial score (nSPS) is 10.6. The summed E-state index contributed by atoms with van der Waals surface area (Å²) in [6, 6.07) is 13.9. The molecule has 2 rings (SSSR count). The van der Waals surface area contributed by atoms with Crippen LogP contribution in [0.5, 0.6) is 0 Å². The quantitative estimate of drug-likeness (QED) is 0.851. The molecule has 0 atom stereocenters. The van der Waals surface area contributed by atoms with Crippen LogP contribution in [-0.4, -0.2) is 38.0 Å². The minimum absolute atomic E-state index is 0.142. The molecule has 4 heteroatoms. The predicted molar refractivity (Wildman–Crippen MR) is 84.0 cm³/mol. The smallest absolute Gasteiger partial charge is 0.222 e. The zero-order chi connectivity index (χ0) is 15.1. The standard InChI is InChI=1S/C17H22N2O2/c1-18-12-13-19(2)17(20)11-9-15-8-10-16(21-15)14-6-4-3-5-7-14/h3-8,10,18H,9,11-13H2,1-2H3. The van der Waals surface area contributed by atoms with Crippen molar-refractivity contribution in [2.24, 2.45) is 0 Å². The molecule has 0 aliphatic heterocycles. The van der Waals surface area contributed by atoms with Crippen LogP contribution in [0.1, 0.15) is 12.2 Å². The van der Waals surface area contributed by atoms with Gasteiger partial charge in [-0.15, -0.1) is 0 Å². The summed E-state index contributed by atoms with van der Waals surface area (Å²) in [6.07, 6.45) is 1.11. The zero-order valence-electron chi connectivity index (χ0n) is 12.6. The maximum absolute atomic E-state index is 12.0. The van der Waals surface area contributed by atoms with Gasteiger partial charge in [0.2, 0.25) is 5.91 Å². The minimum atomic E-state index is 0.142. The van der Waals surface area contributed by atoms with Gasteiger partial charge in [-0.25, -0.2) is 0 Å². The largest absolute Gasteiger partial charge is 0.461 e. The van der Waals surface area contributed by atoms with Crippen LogP contribution < -0.4 is 5.32 Å². The van der Waals surface area contributed by atoms with E-state index >= 15 is 0 Å². The maximum atomic E-state index is 12.0. The third kappa shape index (κ3) is 4.46. The van der Waals surface area contributed by atoms with Gasteiger partial charge in [-0.05, 0) is 19.2 Å². The summed E-state index contributed by atoms with van der Waals surface area (Å²) < 4.78 is 5.80. The Bertz CT molecular complexity index is 563. The first kappa shape index (κ1) is 15.3. The number of aryl methyl sites for hydroxylation is 1. The Balaban J connectivity index is 1.87. The lowest BCUT2D eigenvalue weighted by Gasteiger charge is -2.16. The highest BCUT2D eigenvalue weighted by Gasteiger charge is 2.10. The maximum Gasteiger partial charge on any atom is 0.222 e. The Morgan fingerprint density at radius 2 is 1.95 bits per heavy atom. The summed E-state index contributed by atoms with van der Waals surface area (Å²) in [5.74, 6) is 1.84. The van der Waals surface area contributed by atoms with Gasteiger partial charge >= 0.3 is 0 Å². The van der Waals surface area contributed by atoms with E-state index in [4.69, 9.17) is 4.42 Å². The lowest BCUT2D eigenvalue weighted by atomic mass is 10.2.